The molecule has 0 spiro atoms. The molecule has 0 aliphatic heterocycles. The topological polar surface area (TPSA) is 84.6 Å². The van der Waals surface area contributed by atoms with Crippen molar-refractivity contribution in [2.75, 3.05) is 18.5 Å². The van der Waals surface area contributed by atoms with Gasteiger partial charge in [-0.15, -0.1) is 0 Å². The van der Waals surface area contributed by atoms with Gasteiger partial charge < -0.3 is 15.2 Å². The van der Waals surface area contributed by atoms with Crippen LogP contribution in [0.2, 0.25) is 0 Å². The third kappa shape index (κ3) is 4.32. The van der Waals surface area contributed by atoms with E-state index in [1.54, 1.807) is 12.1 Å². The Labute approximate surface area is 125 Å². The zero-order valence-corrected chi connectivity index (χ0v) is 12.9. The van der Waals surface area contributed by atoms with Crippen molar-refractivity contribution in [3.63, 3.8) is 0 Å². The molecule has 2 N–H and O–H groups in total. The second-order valence-corrected chi connectivity index (χ2v) is 5.06. The van der Waals surface area contributed by atoms with Crippen LogP contribution < -0.4 is 10.1 Å². The summed E-state index contributed by atoms with van der Waals surface area (Å²) in [4.78, 5) is 10.6. The first-order valence-corrected chi connectivity index (χ1v) is 7.32. The minimum absolute atomic E-state index is 0.00212. The van der Waals surface area contributed by atoms with Gasteiger partial charge in [0.15, 0.2) is 5.75 Å². The van der Waals surface area contributed by atoms with Crippen LogP contribution >= 0.6 is 0 Å². The Balaban J connectivity index is 3.06. The van der Waals surface area contributed by atoms with Crippen LogP contribution in [0.3, 0.4) is 0 Å². The third-order valence-electron chi connectivity index (χ3n) is 3.68. The average molecular weight is 296 g/mol. The van der Waals surface area contributed by atoms with E-state index in [1.807, 2.05) is 20.8 Å². The maximum absolute atomic E-state index is 11.0. The predicted molar refractivity (Wildman–Crippen MR) is 82.9 cm³/mol. The maximum Gasteiger partial charge on any atom is 0.311 e. The molecule has 0 aliphatic rings. The SMILES string of the molecule is CCCOc1cc(NC(CC)(CC)CO)ccc1[N+](=O)[O-]. The van der Waals surface area contributed by atoms with Crippen LogP contribution in [-0.2, 0) is 0 Å². The lowest BCUT2D eigenvalue weighted by Gasteiger charge is -2.32. The van der Waals surface area contributed by atoms with E-state index in [9.17, 15) is 15.2 Å². The van der Waals surface area contributed by atoms with E-state index in [0.717, 1.165) is 19.3 Å². The van der Waals surface area contributed by atoms with Crippen molar-refractivity contribution in [2.24, 2.45) is 0 Å². The Morgan fingerprint density at radius 3 is 2.48 bits per heavy atom. The normalized spacial score (nSPS) is 11.2. The smallest absolute Gasteiger partial charge is 0.311 e. The van der Waals surface area contributed by atoms with Gasteiger partial charge in [-0.2, -0.15) is 0 Å². The first kappa shape index (κ1) is 17.2. The Morgan fingerprint density at radius 2 is 2.00 bits per heavy atom. The summed E-state index contributed by atoms with van der Waals surface area (Å²) in [7, 11) is 0. The van der Waals surface area contributed by atoms with Crippen molar-refractivity contribution in [3.8, 4) is 5.75 Å². The second-order valence-electron chi connectivity index (χ2n) is 5.06. The van der Waals surface area contributed by atoms with E-state index in [-0.39, 0.29) is 18.0 Å². The predicted octanol–water partition coefficient (Wildman–Crippen LogP) is 3.35. The van der Waals surface area contributed by atoms with Gasteiger partial charge in [0, 0.05) is 17.8 Å². The van der Waals surface area contributed by atoms with Gasteiger partial charge in [0.1, 0.15) is 0 Å². The zero-order valence-electron chi connectivity index (χ0n) is 12.9. The summed E-state index contributed by atoms with van der Waals surface area (Å²) in [5.74, 6) is 0.255. The van der Waals surface area contributed by atoms with Crippen molar-refractivity contribution in [1.29, 1.82) is 0 Å². The van der Waals surface area contributed by atoms with Crippen molar-refractivity contribution < 1.29 is 14.8 Å². The molecule has 118 valence electrons. The first-order chi connectivity index (χ1) is 10.0. The van der Waals surface area contributed by atoms with Crippen LogP contribution in [0.15, 0.2) is 18.2 Å². The highest BCUT2D eigenvalue weighted by molar-refractivity contribution is 5.59. The Kier molecular flexibility index (Phi) is 6.42. The van der Waals surface area contributed by atoms with E-state index in [2.05, 4.69) is 5.32 Å². The Morgan fingerprint density at radius 1 is 1.33 bits per heavy atom. The third-order valence-corrected chi connectivity index (χ3v) is 3.68. The fourth-order valence-corrected chi connectivity index (χ4v) is 2.07. The molecule has 21 heavy (non-hydrogen) atoms. The average Bonchev–Trinajstić information content (AvgIpc) is 2.50. The molecule has 0 atom stereocenters. The molecule has 0 saturated heterocycles. The number of nitrogens with zero attached hydrogens (tertiary/aromatic N) is 1. The van der Waals surface area contributed by atoms with Gasteiger partial charge in [0.05, 0.1) is 23.7 Å². The summed E-state index contributed by atoms with van der Waals surface area (Å²) >= 11 is 0. The number of nitrogens with one attached hydrogen (secondary N) is 1. The molecule has 0 amide bonds. The van der Waals surface area contributed by atoms with Crippen LogP contribution in [0.5, 0.6) is 5.75 Å². The summed E-state index contributed by atoms with van der Waals surface area (Å²) in [6.45, 7) is 6.36. The number of hydrogen-bond donors (Lipinski definition) is 2. The molecule has 1 aromatic carbocycles. The molecule has 0 heterocycles. The van der Waals surface area contributed by atoms with Gasteiger partial charge in [-0.25, -0.2) is 0 Å². The number of aliphatic hydroxyl groups is 1. The number of aliphatic hydroxyl groups excluding tert-OH is 1. The molecule has 6 heteroatoms. The van der Waals surface area contributed by atoms with E-state index in [4.69, 9.17) is 4.74 Å². The fourth-order valence-electron chi connectivity index (χ4n) is 2.07. The van der Waals surface area contributed by atoms with E-state index in [0.29, 0.717) is 12.3 Å². The highest BCUT2D eigenvalue weighted by Crippen LogP contribution is 2.32. The molecular formula is C15H24N2O4. The molecule has 0 fully saturated rings. The minimum Gasteiger partial charge on any atom is -0.487 e. The van der Waals surface area contributed by atoms with E-state index in [1.165, 1.54) is 6.07 Å². The number of rotatable bonds is 9. The number of ether oxygens (including phenoxy) is 1. The number of benzene rings is 1. The standard InChI is InChI=1S/C15H24N2O4/c1-4-9-21-14-10-12(7-8-13(14)17(19)20)16-15(5-2,6-3)11-18/h7-8,10,16,18H,4-6,9,11H2,1-3H3. The molecule has 1 aromatic rings. The zero-order chi connectivity index (χ0) is 15.9. The van der Waals surface area contributed by atoms with Crippen LogP contribution in [0.25, 0.3) is 0 Å². The number of anilines is 1. The van der Waals surface area contributed by atoms with Crippen LogP contribution in [0.4, 0.5) is 11.4 Å². The van der Waals surface area contributed by atoms with Crippen molar-refractivity contribution >= 4 is 11.4 Å². The van der Waals surface area contributed by atoms with E-state index >= 15 is 0 Å². The monoisotopic (exact) mass is 296 g/mol. The summed E-state index contributed by atoms with van der Waals surface area (Å²) in [6.07, 6.45) is 2.28. The van der Waals surface area contributed by atoms with Crippen LogP contribution in [-0.4, -0.2) is 28.8 Å². The van der Waals surface area contributed by atoms with Gasteiger partial charge in [0.2, 0.25) is 0 Å². The maximum atomic E-state index is 11.0. The molecule has 6 nitrogen and oxygen atoms in total. The molecule has 0 aromatic heterocycles. The molecule has 0 radical (unpaired) electrons. The fraction of sp³-hybridized carbons (Fsp3) is 0.600. The molecule has 0 saturated carbocycles. The van der Waals surface area contributed by atoms with Crippen LogP contribution in [0.1, 0.15) is 40.0 Å². The lowest BCUT2D eigenvalue weighted by molar-refractivity contribution is -0.385. The summed E-state index contributed by atoms with van der Waals surface area (Å²) in [6, 6.07) is 4.71. The highest BCUT2D eigenvalue weighted by atomic mass is 16.6. The largest absolute Gasteiger partial charge is 0.487 e. The Bertz CT molecular complexity index is 464. The van der Waals surface area contributed by atoms with E-state index < -0.39 is 10.5 Å². The van der Waals surface area contributed by atoms with Crippen LogP contribution in [0, 0.1) is 10.1 Å². The molecule has 0 aliphatic carbocycles. The quantitative estimate of drug-likeness (QED) is 0.539. The van der Waals surface area contributed by atoms with Crippen molar-refractivity contribution in [1.82, 2.24) is 0 Å². The minimum atomic E-state index is -0.451. The van der Waals surface area contributed by atoms with Gasteiger partial charge in [-0.1, -0.05) is 20.8 Å². The van der Waals surface area contributed by atoms with Crippen molar-refractivity contribution in [3.05, 3.63) is 28.3 Å². The van der Waals surface area contributed by atoms with Gasteiger partial charge in [-0.05, 0) is 25.3 Å². The summed E-state index contributed by atoms with van der Waals surface area (Å²) < 4.78 is 5.46. The van der Waals surface area contributed by atoms with Gasteiger partial charge in [-0.3, -0.25) is 10.1 Å². The second kappa shape index (κ2) is 7.83. The first-order valence-electron chi connectivity index (χ1n) is 7.32. The molecule has 1 rings (SSSR count). The molecular weight excluding hydrogens is 272 g/mol. The number of nitro benzene ring substituents is 1. The number of hydrogen-bond acceptors (Lipinski definition) is 5. The molecule has 0 unspecified atom stereocenters. The summed E-state index contributed by atoms with van der Waals surface area (Å²) in [5.41, 5.74) is 0.249. The Hall–Kier alpha value is -1.82. The highest BCUT2D eigenvalue weighted by Gasteiger charge is 2.26. The summed E-state index contributed by atoms with van der Waals surface area (Å²) in [5, 5.41) is 23.9. The van der Waals surface area contributed by atoms with Crippen molar-refractivity contribution in [2.45, 2.75) is 45.6 Å². The lowest BCUT2D eigenvalue weighted by Crippen LogP contribution is -2.40. The molecule has 0 bridgehead atoms. The van der Waals surface area contributed by atoms with Gasteiger partial charge >= 0.3 is 5.69 Å². The lowest BCUT2D eigenvalue weighted by atomic mass is 9.93. The van der Waals surface area contributed by atoms with Gasteiger partial charge in [0.25, 0.3) is 0 Å². The number of nitro groups is 1.